The van der Waals surface area contributed by atoms with Crippen molar-refractivity contribution in [1.29, 1.82) is 5.26 Å². The molecule has 0 aliphatic carbocycles. The second-order valence-corrected chi connectivity index (χ2v) is 6.40. The normalized spacial score (nSPS) is 12.9. The Hall–Kier alpha value is -1.92. The number of nitriles is 1. The first kappa shape index (κ1) is 17.1. The first-order chi connectivity index (χ1) is 9.69. The molecule has 0 spiro atoms. The molecule has 1 heterocycles. The van der Waals surface area contributed by atoms with Crippen LogP contribution in [0.1, 0.15) is 31.2 Å². The lowest BCUT2D eigenvalue weighted by atomic mass is 10.3. The highest BCUT2D eigenvalue weighted by atomic mass is 32.2. The molecule has 0 saturated carbocycles. The van der Waals surface area contributed by atoms with E-state index in [0.717, 1.165) is 0 Å². The molecule has 21 heavy (non-hydrogen) atoms. The van der Waals surface area contributed by atoms with Gasteiger partial charge in [0.1, 0.15) is 4.90 Å². The lowest BCUT2D eigenvalue weighted by Gasteiger charge is -2.11. The van der Waals surface area contributed by atoms with Gasteiger partial charge in [-0.2, -0.15) is 10.4 Å². The summed E-state index contributed by atoms with van der Waals surface area (Å²) in [5, 5.41) is 21.3. The molecule has 0 radical (unpaired) electrons. The Bertz CT molecular complexity index is 672. The maximum atomic E-state index is 12.3. The van der Waals surface area contributed by atoms with E-state index in [1.54, 1.807) is 20.8 Å². The van der Waals surface area contributed by atoms with E-state index in [1.165, 1.54) is 4.68 Å². The molecular weight excluding hydrogens is 296 g/mol. The number of nitrogens with zero attached hydrogens (tertiary/aromatic N) is 3. The number of rotatable bonds is 7. The fourth-order valence-corrected chi connectivity index (χ4v) is 3.65. The monoisotopic (exact) mass is 314 g/mol. The van der Waals surface area contributed by atoms with Gasteiger partial charge in [0.2, 0.25) is 10.0 Å². The van der Waals surface area contributed by atoms with E-state index in [-0.39, 0.29) is 24.3 Å². The van der Waals surface area contributed by atoms with Gasteiger partial charge in [0.25, 0.3) is 0 Å². The van der Waals surface area contributed by atoms with Crippen molar-refractivity contribution in [2.75, 3.05) is 0 Å². The summed E-state index contributed by atoms with van der Waals surface area (Å²) >= 11 is 0. The van der Waals surface area contributed by atoms with Gasteiger partial charge in [-0.05, 0) is 20.8 Å². The average Bonchev–Trinajstić information content (AvgIpc) is 2.61. The van der Waals surface area contributed by atoms with Gasteiger partial charge in [-0.15, -0.1) is 0 Å². The second-order valence-electron chi connectivity index (χ2n) is 4.75. The highest BCUT2D eigenvalue weighted by molar-refractivity contribution is 7.89. The molecule has 1 unspecified atom stereocenters. The van der Waals surface area contributed by atoms with Crippen LogP contribution in [0.2, 0.25) is 0 Å². The number of hydrogen-bond donors (Lipinski definition) is 2. The summed E-state index contributed by atoms with van der Waals surface area (Å²) in [4.78, 5) is 10.6. The van der Waals surface area contributed by atoms with Crippen molar-refractivity contribution < 1.29 is 18.3 Å². The zero-order valence-electron chi connectivity index (χ0n) is 12.1. The van der Waals surface area contributed by atoms with Crippen molar-refractivity contribution >= 4 is 16.0 Å². The molecule has 0 aliphatic heterocycles. The maximum absolute atomic E-state index is 12.3. The third-order valence-corrected chi connectivity index (χ3v) is 4.72. The van der Waals surface area contributed by atoms with Crippen molar-refractivity contribution in [3.63, 3.8) is 0 Å². The van der Waals surface area contributed by atoms with Crippen LogP contribution >= 0.6 is 0 Å². The number of aryl methyl sites for hydroxylation is 2. The number of aliphatic carboxylic acids is 1. The molecule has 0 amide bonds. The lowest BCUT2D eigenvalue weighted by Crippen LogP contribution is -2.33. The van der Waals surface area contributed by atoms with Gasteiger partial charge in [0.05, 0.1) is 36.8 Å². The molecule has 1 atom stereocenters. The SMILES string of the molecule is Cc1nn(CCC(=O)O)c(C)c1S(=O)(=O)NC(C)CC#N. The summed E-state index contributed by atoms with van der Waals surface area (Å²) < 4.78 is 28.4. The van der Waals surface area contributed by atoms with Crippen molar-refractivity contribution in [3.05, 3.63) is 11.4 Å². The molecule has 8 nitrogen and oxygen atoms in total. The quantitative estimate of drug-likeness (QED) is 0.757. The first-order valence-corrected chi connectivity index (χ1v) is 7.82. The van der Waals surface area contributed by atoms with Gasteiger partial charge in [-0.1, -0.05) is 0 Å². The van der Waals surface area contributed by atoms with Gasteiger partial charge in [-0.25, -0.2) is 13.1 Å². The van der Waals surface area contributed by atoms with Gasteiger partial charge in [-0.3, -0.25) is 9.48 Å². The predicted molar refractivity (Wildman–Crippen MR) is 74.0 cm³/mol. The fourth-order valence-electron chi connectivity index (χ4n) is 1.99. The molecule has 1 rings (SSSR count). The smallest absolute Gasteiger partial charge is 0.305 e. The third kappa shape index (κ3) is 4.27. The molecule has 0 saturated heterocycles. The molecule has 0 aromatic carbocycles. The zero-order valence-corrected chi connectivity index (χ0v) is 12.9. The van der Waals surface area contributed by atoms with E-state index in [4.69, 9.17) is 10.4 Å². The van der Waals surface area contributed by atoms with Crippen LogP contribution in [-0.4, -0.2) is 35.3 Å². The Morgan fingerprint density at radius 1 is 1.52 bits per heavy atom. The van der Waals surface area contributed by atoms with Gasteiger partial charge in [0, 0.05) is 6.04 Å². The number of carbonyl (C=O) groups is 1. The summed E-state index contributed by atoms with van der Waals surface area (Å²) in [6.45, 7) is 4.82. The van der Waals surface area contributed by atoms with E-state index < -0.39 is 22.0 Å². The molecule has 9 heteroatoms. The Kier molecular flexibility index (Phi) is 5.46. The van der Waals surface area contributed by atoms with Gasteiger partial charge in [0.15, 0.2) is 0 Å². The number of carboxylic acids is 1. The highest BCUT2D eigenvalue weighted by Gasteiger charge is 2.26. The van der Waals surface area contributed by atoms with E-state index in [2.05, 4.69) is 9.82 Å². The number of nitrogens with one attached hydrogen (secondary N) is 1. The lowest BCUT2D eigenvalue weighted by molar-refractivity contribution is -0.137. The number of aromatic nitrogens is 2. The predicted octanol–water partition coefficient (Wildman–Crippen LogP) is 0.555. The van der Waals surface area contributed by atoms with Crippen LogP contribution in [0.5, 0.6) is 0 Å². The van der Waals surface area contributed by atoms with Crippen LogP contribution in [0.3, 0.4) is 0 Å². The van der Waals surface area contributed by atoms with Crippen LogP contribution in [0.4, 0.5) is 0 Å². The van der Waals surface area contributed by atoms with Gasteiger partial charge < -0.3 is 5.11 Å². The molecule has 0 fully saturated rings. The molecule has 0 aliphatic rings. The van der Waals surface area contributed by atoms with Crippen molar-refractivity contribution in [3.8, 4) is 6.07 Å². The molecule has 2 N–H and O–H groups in total. The van der Waals surface area contributed by atoms with E-state index in [9.17, 15) is 13.2 Å². The van der Waals surface area contributed by atoms with Crippen LogP contribution < -0.4 is 4.72 Å². The number of carboxylic acid groups (broad SMARTS) is 1. The summed E-state index contributed by atoms with van der Waals surface area (Å²) in [6, 6.07) is 1.38. The Morgan fingerprint density at radius 2 is 2.14 bits per heavy atom. The minimum atomic E-state index is -3.79. The second kappa shape index (κ2) is 6.69. The number of hydrogen-bond acceptors (Lipinski definition) is 5. The first-order valence-electron chi connectivity index (χ1n) is 6.34. The molecule has 0 bridgehead atoms. The Labute approximate surface area is 123 Å². The van der Waals surface area contributed by atoms with E-state index in [0.29, 0.717) is 11.4 Å². The van der Waals surface area contributed by atoms with Crippen LogP contribution in [0, 0.1) is 25.2 Å². The van der Waals surface area contributed by atoms with Crippen molar-refractivity contribution in [2.45, 2.75) is 51.1 Å². The molecular formula is C12H18N4O4S. The molecule has 1 aromatic heterocycles. The van der Waals surface area contributed by atoms with Crippen LogP contribution in [0.25, 0.3) is 0 Å². The summed E-state index contributed by atoms with van der Waals surface area (Å²) in [5.74, 6) is -0.979. The van der Waals surface area contributed by atoms with Crippen molar-refractivity contribution in [1.82, 2.24) is 14.5 Å². The summed E-state index contributed by atoms with van der Waals surface area (Å²) in [6.07, 6.45) is -0.0792. The number of sulfonamides is 1. The third-order valence-electron chi connectivity index (χ3n) is 2.88. The highest BCUT2D eigenvalue weighted by Crippen LogP contribution is 2.20. The van der Waals surface area contributed by atoms with Crippen LogP contribution in [-0.2, 0) is 21.4 Å². The van der Waals surface area contributed by atoms with Gasteiger partial charge >= 0.3 is 5.97 Å². The summed E-state index contributed by atoms with van der Waals surface area (Å²) in [5.41, 5.74) is 0.681. The minimum Gasteiger partial charge on any atom is -0.481 e. The largest absolute Gasteiger partial charge is 0.481 e. The van der Waals surface area contributed by atoms with E-state index in [1.807, 2.05) is 6.07 Å². The Morgan fingerprint density at radius 3 is 2.67 bits per heavy atom. The molecule has 1 aromatic rings. The zero-order chi connectivity index (χ0) is 16.2. The fraction of sp³-hybridized carbons (Fsp3) is 0.583. The molecule has 116 valence electrons. The Balaban J connectivity index is 3.07. The standard InChI is InChI=1S/C12H18N4O4S/c1-8(4-6-13)15-21(19,20)12-9(2)14-16(10(12)3)7-5-11(17)18/h8,15H,4-5,7H2,1-3H3,(H,17,18). The maximum Gasteiger partial charge on any atom is 0.305 e. The average molecular weight is 314 g/mol. The van der Waals surface area contributed by atoms with Crippen molar-refractivity contribution in [2.24, 2.45) is 0 Å². The topological polar surface area (TPSA) is 125 Å². The minimum absolute atomic E-state index is 0.0395. The van der Waals surface area contributed by atoms with Crippen LogP contribution in [0.15, 0.2) is 4.90 Å². The van der Waals surface area contributed by atoms with E-state index >= 15 is 0 Å². The summed E-state index contributed by atoms with van der Waals surface area (Å²) in [7, 11) is -3.79.